The first kappa shape index (κ1) is 25.9. The van der Waals surface area contributed by atoms with Gasteiger partial charge in [-0.3, -0.25) is 0 Å². The van der Waals surface area contributed by atoms with E-state index < -0.39 is 28.0 Å². The number of likely N-dealkylation sites (N-methyl/N-ethyl adjacent to an activating group) is 1. The normalized spacial score (nSPS) is 12.1. The van der Waals surface area contributed by atoms with Gasteiger partial charge in [0.25, 0.3) is 0 Å². The van der Waals surface area contributed by atoms with Crippen LogP contribution in [0.2, 0.25) is 0 Å². The fraction of sp³-hybridized carbons (Fsp3) is 0.231. The van der Waals surface area contributed by atoms with Gasteiger partial charge in [-0.25, -0.2) is 18.0 Å². The number of carbonyl (C=O) groups excluding carboxylic acids is 2. The predicted octanol–water partition coefficient (Wildman–Crippen LogP) is 4.50. The Kier molecular flexibility index (Phi) is 8.26. The molecule has 9 heteroatoms. The van der Waals surface area contributed by atoms with Crippen molar-refractivity contribution in [3.05, 3.63) is 89.5 Å². The summed E-state index contributed by atoms with van der Waals surface area (Å²) in [4.78, 5) is 25.9. The molecule has 3 aromatic carbocycles. The van der Waals surface area contributed by atoms with Crippen molar-refractivity contribution in [1.82, 2.24) is 4.31 Å². The molecule has 8 nitrogen and oxygen atoms in total. The van der Waals surface area contributed by atoms with Crippen LogP contribution in [-0.2, 0) is 24.3 Å². The molecular weight excluding hydrogens is 470 g/mol. The zero-order chi connectivity index (χ0) is 25.6. The molecule has 1 atom stereocenters. The van der Waals surface area contributed by atoms with E-state index in [2.05, 4.69) is 0 Å². The van der Waals surface area contributed by atoms with Crippen LogP contribution in [0.4, 0.5) is 0 Å². The number of aryl methyl sites for hydroxylation is 1. The Morgan fingerprint density at radius 3 is 2.20 bits per heavy atom. The molecule has 0 saturated heterocycles. The lowest BCUT2D eigenvalue weighted by molar-refractivity contribution is -0.145. The van der Waals surface area contributed by atoms with Crippen LogP contribution in [0.25, 0.3) is 0 Å². The first-order valence-electron chi connectivity index (χ1n) is 10.9. The second-order valence-corrected chi connectivity index (χ2v) is 9.61. The van der Waals surface area contributed by atoms with Crippen LogP contribution in [-0.4, -0.2) is 45.4 Å². The predicted molar refractivity (Wildman–Crippen MR) is 130 cm³/mol. The van der Waals surface area contributed by atoms with Gasteiger partial charge in [0.2, 0.25) is 10.0 Å². The van der Waals surface area contributed by atoms with E-state index in [1.165, 1.54) is 25.2 Å². The van der Waals surface area contributed by atoms with Gasteiger partial charge in [0, 0.05) is 12.6 Å². The van der Waals surface area contributed by atoms with Crippen LogP contribution in [0.1, 0.15) is 34.5 Å². The number of sulfonamides is 1. The van der Waals surface area contributed by atoms with Crippen molar-refractivity contribution >= 4 is 22.0 Å². The molecule has 0 heterocycles. The van der Waals surface area contributed by atoms with Crippen molar-refractivity contribution in [3.63, 3.8) is 0 Å². The van der Waals surface area contributed by atoms with Gasteiger partial charge < -0.3 is 14.2 Å². The molecule has 0 saturated carbocycles. The highest BCUT2D eigenvalue weighted by molar-refractivity contribution is 7.89. The monoisotopic (exact) mass is 497 g/mol. The zero-order valence-electron chi connectivity index (χ0n) is 19.9. The van der Waals surface area contributed by atoms with E-state index in [0.29, 0.717) is 5.75 Å². The first-order chi connectivity index (χ1) is 16.7. The van der Waals surface area contributed by atoms with Crippen LogP contribution in [0.5, 0.6) is 11.5 Å². The van der Waals surface area contributed by atoms with Crippen molar-refractivity contribution < 1.29 is 32.2 Å². The maximum Gasteiger partial charge on any atom is 0.338 e. The summed E-state index contributed by atoms with van der Waals surface area (Å²) < 4.78 is 44.1. The van der Waals surface area contributed by atoms with Crippen molar-refractivity contribution in [1.29, 1.82) is 0 Å². The van der Waals surface area contributed by atoms with Gasteiger partial charge >= 0.3 is 11.9 Å². The number of para-hydroxylation sites is 1. The molecule has 0 amide bonds. The topological polar surface area (TPSA) is 99.2 Å². The third-order valence-corrected chi connectivity index (χ3v) is 7.13. The maximum atomic E-state index is 13.5. The average Bonchev–Trinajstić information content (AvgIpc) is 2.85. The number of hydrogen-bond acceptors (Lipinski definition) is 7. The van der Waals surface area contributed by atoms with Crippen molar-refractivity contribution in [2.45, 2.75) is 24.8 Å². The SMILES string of the molecule is CCOC(=O)c1cccc(Oc2ccccc2)c1C(C(=O)OC)N(C)S(=O)(=O)c1ccc(C)cc1. The number of rotatable bonds is 9. The Morgan fingerprint density at radius 1 is 0.943 bits per heavy atom. The number of ether oxygens (including phenoxy) is 3. The number of esters is 2. The summed E-state index contributed by atoms with van der Waals surface area (Å²) in [5.74, 6) is -1.07. The molecule has 3 aromatic rings. The molecule has 0 aromatic heterocycles. The molecule has 0 N–H and O–H groups in total. The number of hydrogen-bond donors (Lipinski definition) is 0. The standard InChI is InChI=1S/C26H27NO7S/c1-5-33-25(28)21-12-9-13-22(34-19-10-7-6-8-11-19)23(21)24(26(29)32-4)27(3)35(30,31)20-16-14-18(2)15-17-20/h6-17,24H,5H2,1-4H3. The highest BCUT2D eigenvalue weighted by Crippen LogP contribution is 2.38. The van der Waals surface area contributed by atoms with Crippen LogP contribution in [0.15, 0.2) is 77.7 Å². The summed E-state index contributed by atoms with van der Waals surface area (Å²) in [6.45, 7) is 3.57. The van der Waals surface area contributed by atoms with E-state index in [1.54, 1.807) is 55.5 Å². The van der Waals surface area contributed by atoms with Gasteiger partial charge in [-0.1, -0.05) is 42.0 Å². The first-order valence-corrected chi connectivity index (χ1v) is 12.3. The highest BCUT2D eigenvalue weighted by Gasteiger charge is 2.39. The number of nitrogens with zero attached hydrogens (tertiary/aromatic N) is 1. The second kappa shape index (κ2) is 11.2. The Morgan fingerprint density at radius 2 is 1.60 bits per heavy atom. The van der Waals surface area contributed by atoms with E-state index in [0.717, 1.165) is 17.0 Å². The average molecular weight is 498 g/mol. The van der Waals surface area contributed by atoms with Gasteiger partial charge in [-0.15, -0.1) is 0 Å². The quantitative estimate of drug-likeness (QED) is 0.401. The van der Waals surface area contributed by atoms with Crippen LogP contribution in [0, 0.1) is 6.92 Å². The number of methoxy groups -OCH3 is 1. The van der Waals surface area contributed by atoms with Crippen molar-refractivity contribution in [3.8, 4) is 11.5 Å². The van der Waals surface area contributed by atoms with Gasteiger partial charge in [0.05, 0.1) is 24.2 Å². The van der Waals surface area contributed by atoms with Crippen LogP contribution < -0.4 is 4.74 Å². The van der Waals surface area contributed by atoms with Gasteiger partial charge in [-0.05, 0) is 50.2 Å². The minimum absolute atomic E-state index is 0.0124. The van der Waals surface area contributed by atoms with E-state index in [4.69, 9.17) is 14.2 Å². The fourth-order valence-electron chi connectivity index (χ4n) is 3.49. The Labute approximate surface area is 205 Å². The smallest absolute Gasteiger partial charge is 0.338 e. The van der Waals surface area contributed by atoms with E-state index >= 15 is 0 Å². The third kappa shape index (κ3) is 5.70. The molecule has 0 aliphatic carbocycles. The zero-order valence-corrected chi connectivity index (χ0v) is 20.7. The van der Waals surface area contributed by atoms with Crippen LogP contribution in [0.3, 0.4) is 0 Å². The minimum Gasteiger partial charge on any atom is -0.468 e. The Balaban J connectivity index is 2.22. The fourth-order valence-corrected chi connectivity index (χ4v) is 4.77. The molecular formula is C26H27NO7S. The molecule has 1 unspecified atom stereocenters. The summed E-state index contributed by atoms with van der Waals surface area (Å²) >= 11 is 0. The summed E-state index contributed by atoms with van der Waals surface area (Å²) in [5.41, 5.74) is 0.879. The molecule has 0 radical (unpaired) electrons. The van der Waals surface area contributed by atoms with Crippen molar-refractivity contribution in [2.24, 2.45) is 0 Å². The molecule has 0 aliphatic rings. The molecule has 35 heavy (non-hydrogen) atoms. The minimum atomic E-state index is -4.18. The molecule has 3 rings (SSSR count). The molecule has 0 spiro atoms. The lowest BCUT2D eigenvalue weighted by atomic mass is 9.98. The van der Waals surface area contributed by atoms with E-state index in [1.807, 2.05) is 13.0 Å². The van der Waals surface area contributed by atoms with E-state index in [9.17, 15) is 18.0 Å². The van der Waals surface area contributed by atoms with Crippen molar-refractivity contribution in [2.75, 3.05) is 20.8 Å². The molecule has 0 bridgehead atoms. The molecule has 0 aliphatic heterocycles. The number of carbonyl (C=O) groups is 2. The van der Waals surface area contributed by atoms with Crippen LogP contribution >= 0.6 is 0 Å². The summed E-state index contributed by atoms with van der Waals surface area (Å²) in [6, 6.07) is 18.0. The Bertz CT molecular complexity index is 1290. The molecule has 184 valence electrons. The molecule has 0 fully saturated rings. The summed E-state index contributed by atoms with van der Waals surface area (Å²) in [6.07, 6.45) is 0. The number of benzene rings is 3. The maximum absolute atomic E-state index is 13.5. The lowest BCUT2D eigenvalue weighted by Gasteiger charge is -2.28. The largest absolute Gasteiger partial charge is 0.468 e. The lowest BCUT2D eigenvalue weighted by Crippen LogP contribution is -2.37. The Hall–Kier alpha value is -3.69. The highest BCUT2D eigenvalue weighted by atomic mass is 32.2. The van der Waals surface area contributed by atoms with E-state index in [-0.39, 0.29) is 28.4 Å². The van der Waals surface area contributed by atoms with Gasteiger partial charge in [0.1, 0.15) is 11.5 Å². The summed E-state index contributed by atoms with van der Waals surface area (Å²) in [7, 11) is -1.78. The second-order valence-electron chi connectivity index (χ2n) is 7.61. The van der Waals surface area contributed by atoms with Gasteiger partial charge in [0.15, 0.2) is 6.04 Å². The van der Waals surface area contributed by atoms with Gasteiger partial charge in [-0.2, -0.15) is 4.31 Å². The third-order valence-electron chi connectivity index (χ3n) is 5.29. The summed E-state index contributed by atoms with van der Waals surface area (Å²) in [5, 5.41) is 0.